The van der Waals surface area contributed by atoms with Crippen LogP contribution in [0.25, 0.3) is 0 Å². The fourth-order valence-electron chi connectivity index (χ4n) is 0.609. The van der Waals surface area contributed by atoms with Gasteiger partial charge in [0.05, 0.1) is 11.6 Å². The van der Waals surface area contributed by atoms with Gasteiger partial charge in [-0.1, -0.05) is 0 Å². The van der Waals surface area contributed by atoms with Crippen LogP contribution in [0.2, 0.25) is 0 Å². The zero-order valence-corrected chi connectivity index (χ0v) is 10.6. The number of rotatable bonds is 0. The molecule has 0 unspecified atom stereocenters. The topological polar surface area (TPSA) is 0 Å². The second kappa shape index (κ2) is 5.60. The van der Waals surface area contributed by atoms with Crippen LogP contribution in [-0.2, 0) is 16.3 Å². The molecule has 0 nitrogen and oxygen atoms in total. The van der Waals surface area contributed by atoms with E-state index in [-0.39, 0.29) is 5.56 Å². The summed E-state index contributed by atoms with van der Waals surface area (Å²) in [6, 6.07) is 1.31. The molecule has 5 heteroatoms. The molecule has 1 aromatic carbocycles. The zero-order valence-electron chi connectivity index (χ0n) is 6.08. The molecule has 0 amide bonds. The van der Waals surface area contributed by atoms with Gasteiger partial charge in [-0.15, -0.1) is 6.07 Å². The van der Waals surface area contributed by atoms with E-state index in [0.717, 1.165) is 6.07 Å². The Bertz CT molecular complexity index is 242. The van der Waals surface area contributed by atoms with Gasteiger partial charge in [0, 0.05) is 0 Å². The van der Waals surface area contributed by atoms with E-state index >= 15 is 0 Å². The van der Waals surface area contributed by atoms with Crippen LogP contribution in [0, 0.1) is 24.4 Å². The maximum absolute atomic E-state index is 12.3. The first-order chi connectivity index (χ1) is 5.61. The summed E-state index contributed by atoms with van der Waals surface area (Å²) in [4.78, 5) is 0. The summed E-state index contributed by atoms with van der Waals surface area (Å²) >= 11 is 4.25. The quantitative estimate of drug-likeness (QED) is 0.391. The van der Waals surface area contributed by atoms with Crippen LogP contribution in [0.3, 0.4) is 0 Å². The standard InChI is InChI=1S/C7H4F3.BrH.Zn/c1-4-2-5(8)3-6(9)7(4)10;;/h2-3H,1H2;1H;/q-1;;+2/p-1. The Kier molecular flexibility index (Phi) is 5.59. The van der Waals surface area contributed by atoms with Gasteiger partial charge in [0.15, 0.2) is 0 Å². The molecule has 0 aromatic heterocycles. The summed E-state index contributed by atoms with van der Waals surface area (Å²) in [7, 11) is 0. The average molecular weight is 290 g/mol. The van der Waals surface area contributed by atoms with E-state index in [0.29, 0.717) is 6.07 Å². The van der Waals surface area contributed by atoms with Crippen molar-refractivity contribution >= 4 is 13.6 Å². The van der Waals surface area contributed by atoms with Crippen molar-refractivity contribution in [1.29, 1.82) is 0 Å². The second-order valence-electron chi connectivity index (χ2n) is 1.86. The summed E-state index contributed by atoms with van der Waals surface area (Å²) in [6.45, 7) is 3.09. The van der Waals surface area contributed by atoms with Crippen molar-refractivity contribution in [3.05, 3.63) is 42.1 Å². The van der Waals surface area contributed by atoms with Crippen LogP contribution < -0.4 is 0 Å². The van der Waals surface area contributed by atoms with E-state index in [1.54, 1.807) is 0 Å². The van der Waals surface area contributed by atoms with E-state index in [1.165, 1.54) is 16.3 Å². The van der Waals surface area contributed by atoms with E-state index < -0.39 is 17.5 Å². The first-order valence-corrected chi connectivity index (χ1v) is 9.79. The van der Waals surface area contributed by atoms with E-state index in [2.05, 4.69) is 20.5 Å². The average Bonchev–Trinajstić information content (AvgIpc) is 2.04. The van der Waals surface area contributed by atoms with Crippen molar-refractivity contribution in [2.45, 2.75) is 0 Å². The summed E-state index contributed by atoms with van der Waals surface area (Å²) in [6.07, 6.45) is 0. The first kappa shape index (κ1) is 12.0. The Balaban J connectivity index is 0.000000561. The van der Waals surface area contributed by atoms with Gasteiger partial charge in [-0.3, -0.25) is 4.39 Å². The third-order valence-electron chi connectivity index (χ3n) is 1.07. The first-order valence-electron chi connectivity index (χ1n) is 2.84. The van der Waals surface area contributed by atoms with Gasteiger partial charge in [0.1, 0.15) is 5.82 Å². The van der Waals surface area contributed by atoms with Crippen LogP contribution in [0.1, 0.15) is 5.56 Å². The van der Waals surface area contributed by atoms with Crippen LogP contribution in [0.4, 0.5) is 13.2 Å². The minimum atomic E-state index is -1.20. The summed E-state index contributed by atoms with van der Waals surface area (Å²) < 4.78 is 36.7. The minimum absolute atomic E-state index is 0.266. The molecule has 0 aliphatic rings. The Hall–Kier alpha value is -0.0166. The molecule has 0 heterocycles. The van der Waals surface area contributed by atoms with Crippen molar-refractivity contribution in [2.75, 3.05) is 0 Å². The molecule has 0 bridgehead atoms. The monoisotopic (exact) mass is 288 g/mol. The van der Waals surface area contributed by atoms with Gasteiger partial charge in [-0.05, 0) is 6.07 Å². The number of benzene rings is 1. The van der Waals surface area contributed by atoms with Crippen molar-refractivity contribution in [3.8, 4) is 0 Å². The van der Waals surface area contributed by atoms with Gasteiger partial charge in [0.2, 0.25) is 0 Å². The molecule has 1 rings (SSSR count). The third kappa shape index (κ3) is 3.15. The molecule has 0 fully saturated rings. The van der Waals surface area contributed by atoms with E-state index in [1.807, 2.05) is 0 Å². The Labute approximate surface area is 85.2 Å². The van der Waals surface area contributed by atoms with Crippen molar-refractivity contribution in [1.82, 2.24) is 0 Å². The number of hydrogen-bond acceptors (Lipinski definition) is 0. The van der Waals surface area contributed by atoms with Gasteiger partial charge in [-0.2, -0.15) is 12.5 Å². The molecule has 0 atom stereocenters. The number of halogens is 4. The van der Waals surface area contributed by atoms with E-state index in [9.17, 15) is 13.2 Å². The predicted molar refractivity (Wildman–Crippen MR) is 39.7 cm³/mol. The zero-order chi connectivity index (χ0) is 9.72. The van der Waals surface area contributed by atoms with Crippen LogP contribution in [-0.4, -0.2) is 0 Å². The van der Waals surface area contributed by atoms with Gasteiger partial charge >= 0.3 is 30.0 Å². The second-order valence-corrected chi connectivity index (χ2v) is 1.86. The molecule has 0 spiro atoms. The van der Waals surface area contributed by atoms with Gasteiger partial charge in [-0.25, -0.2) is 8.78 Å². The summed E-state index contributed by atoms with van der Waals surface area (Å²) in [5.41, 5.74) is -0.266. The SMILES string of the molecule is [CH2-]c1cc(F)cc(F)c1F.[Zn+][Br]. The van der Waals surface area contributed by atoms with Crippen molar-refractivity contribution in [2.24, 2.45) is 0 Å². The van der Waals surface area contributed by atoms with Crippen molar-refractivity contribution < 1.29 is 29.5 Å². The fraction of sp³-hybridized carbons (Fsp3) is 0. The fourth-order valence-corrected chi connectivity index (χ4v) is 0.609. The normalized spacial score (nSPS) is 8.83. The molecule has 0 aliphatic heterocycles. The molecule has 1 aromatic rings. The van der Waals surface area contributed by atoms with Gasteiger partial charge < -0.3 is 0 Å². The summed E-state index contributed by atoms with van der Waals surface area (Å²) in [5, 5.41) is 0. The van der Waals surface area contributed by atoms with Crippen LogP contribution in [0.15, 0.2) is 12.1 Å². The summed E-state index contributed by atoms with van der Waals surface area (Å²) in [5.74, 6) is -3.12. The molecular formula is C7H4BrF3Zn. The molecule has 0 aliphatic carbocycles. The third-order valence-corrected chi connectivity index (χ3v) is 1.07. The van der Waals surface area contributed by atoms with E-state index in [4.69, 9.17) is 0 Å². The molecule has 62 valence electrons. The predicted octanol–water partition coefficient (Wildman–Crippen LogP) is 3.13. The molecule has 0 N–H and O–H groups in total. The van der Waals surface area contributed by atoms with Crippen molar-refractivity contribution in [3.63, 3.8) is 0 Å². The van der Waals surface area contributed by atoms with Gasteiger partial charge in [0.25, 0.3) is 0 Å². The van der Waals surface area contributed by atoms with Crippen LogP contribution >= 0.6 is 13.6 Å². The van der Waals surface area contributed by atoms with Crippen LogP contribution in [0.5, 0.6) is 0 Å². The Morgan fingerprint density at radius 3 is 2.08 bits per heavy atom. The maximum atomic E-state index is 12.3. The number of hydrogen-bond donors (Lipinski definition) is 0. The Morgan fingerprint density at radius 2 is 1.67 bits per heavy atom. The molecular weight excluding hydrogens is 286 g/mol. The molecule has 0 radical (unpaired) electrons. The molecule has 12 heavy (non-hydrogen) atoms. The Morgan fingerprint density at radius 1 is 1.17 bits per heavy atom. The molecule has 0 saturated heterocycles. The molecule has 0 saturated carbocycles.